The molecule has 1 aliphatic heterocycles. The average Bonchev–Trinajstić information content (AvgIpc) is 2.98. The molecule has 1 aliphatic rings. The summed E-state index contributed by atoms with van der Waals surface area (Å²) in [4.78, 5) is 17.6. The van der Waals surface area contributed by atoms with Crippen LogP contribution in [0.5, 0.6) is 0 Å². The smallest absolute Gasteiger partial charge is 0.186 e. The number of rotatable bonds is 6. The zero-order chi connectivity index (χ0) is 13.0. The Bertz CT molecular complexity index is 377. The van der Waals surface area contributed by atoms with E-state index in [1.807, 2.05) is 17.5 Å². The summed E-state index contributed by atoms with van der Waals surface area (Å²) in [5, 5.41) is 1.96. The van der Waals surface area contributed by atoms with Crippen LogP contribution in [0.1, 0.15) is 29.4 Å². The predicted molar refractivity (Wildman–Crippen MR) is 76.4 cm³/mol. The molecule has 100 valence electrons. The highest BCUT2D eigenvalue weighted by molar-refractivity contribution is 7.12. The first-order chi connectivity index (χ1) is 8.70. The molecule has 0 aliphatic carbocycles. The normalized spacial score (nSPS) is 20.7. The van der Waals surface area contributed by atoms with Crippen molar-refractivity contribution in [2.75, 3.05) is 33.2 Å². The number of thiophene rings is 1. The van der Waals surface area contributed by atoms with Gasteiger partial charge >= 0.3 is 0 Å². The van der Waals surface area contributed by atoms with Crippen LogP contribution in [-0.4, -0.2) is 54.9 Å². The SMILES string of the molecule is CCN1CCCC1CN(C)CC(=O)c1cccs1. The Hall–Kier alpha value is -0.710. The van der Waals surface area contributed by atoms with Gasteiger partial charge in [-0.15, -0.1) is 11.3 Å². The fourth-order valence-electron chi connectivity index (χ4n) is 2.70. The van der Waals surface area contributed by atoms with E-state index in [0.717, 1.165) is 18.0 Å². The first-order valence-corrected chi connectivity index (χ1v) is 7.58. The van der Waals surface area contributed by atoms with Gasteiger partial charge in [0.05, 0.1) is 11.4 Å². The quantitative estimate of drug-likeness (QED) is 0.738. The van der Waals surface area contributed by atoms with E-state index < -0.39 is 0 Å². The van der Waals surface area contributed by atoms with Gasteiger partial charge in [0.25, 0.3) is 0 Å². The fraction of sp³-hybridized carbons (Fsp3) is 0.643. The van der Waals surface area contributed by atoms with E-state index in [1.54, 1.807) is 0 Å². The van der Waals surface area contributed by atoms with Crippen LogP contribution >= 0.6 is 11.3 Å². The van der Waals surface area contributed by atoms with Crippen molar-refractivity contribution in [1.82, 2.24) is 9.80 Å². The van der Waals surface area contributed by atoms with Crippen molar-refractivity contribution in [3.05, 3.63) is 22.4 Å². The van der Waals surface area contributed by atoms with Gasteiger partial charge in [0.2, 0.25) is 0 Å². The topological polar surface area (TPSA) is 23.6 Å². The molecule has 0 radical (unpaired) electrons. The van der Waals surface area contributed by atoms with Crippen molar-refractivity contribution in [1.29, 1.82) is 0 Å². The first kappa shape index (κ1) is 13.7. The van der Waals surface area contributed by atoms with Crippen LogP contribution < -0.4 is 0 Å². The van der Waals surface area contributed by atoms with E-state index in [0.29, 0.717) is 12.6 Å². The third kappa shape index (κ3) is 3.40. The van der Waals surface area contributed by atoms with Crippen LogP contribution in [-0.2, 0) is 0 Å². The lowest BCUT2D eigenvalue weighted by molar-refractivity contribution is 0.0933. The van der Waals surface area contributed by atoms with Gasteiger partial charge in [0, 0.05) is 12.6 Å². The summed E-state index contributed by atoms with van der Waals surface area (Å²) in [6, 6.07) is 4.48. The van der Waals surface area contributed by atoms with Crippen molar-refractivity contribution >= 4 is 17.1 Å². The molecule has 3 nitrogen and oxygen atoms in total. The summed E-state index contributed by atoms with van der Waals surface area (Å²) in [6.45, 7) is 6.10. The molecule has 0 bridgehead atoms. The first-order valence-electron chi connectivity index (χ1n) is 6.70. The molecular weight excluding hydrogens is 244 g/mol. The third-order valence-electron chi connectivity index (χ3n) is 3.64. The molecule has 2 rings (SSSR count). The fourth-order valence-corrected chi connectivity index (χ4v) is 3.36. The molecule has 1 unspecified atom stereocenters. The lowest BCUT2D eigenvalue weighted by Crippen LogP contribution is -2.40. The molecule has 0 saturated carbocycles. The Labute approximate surface area is 113 Å². The summed E-state index contributed by atoms with van der Waals surface area (Å²) in [5.41, 5.74) is 0. The minimum absolute atomic E-state index is 0.244. The van der Waals surface area contributed by atoms with Crippen LogP contribution in [0.25, 0.3) is 0 Å². The second-order valence-electron chi connectivity index (χ2n) is 5.02. The second kappa shape index (κ2) is 6.45. The molecule has 0 amide bonds. The van der Waals surface area contributed by atoms with Gasteiger partial charge in [-0.25, -0.2) is 0 Å². The van der Waals surface area contributed by atoms with Gasteiger partial charge in [0.1, 0.15) is 0 Å². The van der Waals surface area contributed by atoms with Crippen LogP contribution in [0, 0.1) is 0 Å². The van der Waals surface area contributed by atoms with Crippen LogP contribution in [0.3, 0.4) is 0 Å². The number of hydrogen-bond acceptors (Lipinski definition) is 4. The number of carbonyl (C=O) groups excluding carboxylic acids is 1. The maximum absolute atomic E-state index is 12.0. The Kier molecular flexibility index (Phi) is 4.92. The standard InChI is InChI=1S/C14H22N2OS/c1-3-16-8-4-6-12(16)10-15(2)11-13(17)14-7-5-9-18-14/h5,7,9,12H,3-4,6,8,10-11H2,1-2H3. The van der Waals surface area contributed by atoms with Crippen LogP contribution in [0.15, 0.2) is 17.5 Å². The molecule has 1 atom stereocenters. The molecule has 1 aromatic heterocycles. The Balaban J connectivity index is 1.81. The second-order valence-corrected chi connectivity index (χ2v) is 5.97. The number of nitrogens with zero attached hydrogens (tertiary/aromatic N) is 2. The molecule has 0 N–H and O–H groups in total. The van der Waals surface area contributed by atoms with Crippen molar-refractivity contribution in [2.45, 2.75) is 25.8 Å². The highest BCUT2D eigenvalue weighted by Gasteiger charge is 2.24. The van der Waals surface area contributed by atoms with E-state index in [1.165, 1.54) is 30.7 Å². The molecule has 1 fully saturated rings. The van der Waals surface area contributed by atoms with Gasteiger partial charge in [-0.05, 0) is 44.4 Å². The Morgan fingerprint density at radius 2 is 2.44 bits per heavy atom. The molecular formula is C14H22N2OS. The van der Waals surface area contributed by atoms with E-state index in [4.69, 9.17) is 0 Å². The molecule has 4 heteroatoms. The summed E-state index contributed by atoms with van der Waals surface area (Å²) in [7, 11) is 2.05. The van der Waals surface area contributed by atoms with Gasteiger partial charge in [-0.3, -0.25) is 14.6 Å². The van der Waals surface area contributed by atoms with Crippen molar-refractivity contribution in [2.24, 2.45) is 0 Å². The molecule has 0 spiro atoms. The van der Waals surface area contributed by atoms with Crippen LogP contribution in [0.4, 0.5) is 0 Å². The van der Waals surface area contributed by atoms with Gasteiger partial charge in [-0.1, -0.05) is 13.0 Å². The largest absolute Gasteiger partial charge is 0.299 e. The zero-order valence-electron chi connectivity index (χ0n) is 11.3. The van der Waals surface area contributed by atoms with E-state index in [-0.39, 0.29) is 5.78 Å². The maximum Gasteiger partial charge on any atom is 0.186 e. The van der Waals surface area contributed by atoms with Gasteiger partial charge in [-0.2, -0.15) is 0 Å². The van der Waals surface area contributed by atoms with Crippen molar-refractivity contribution in [3.8, 4) is 0 Å². The highest BCUT2D eigenvalue weighted by Crippen LogP contribution is 2.17. The highest BCUT2D eigenvalue weighted by atomic mass is 32.1. The number of likely N-dealkylation sites (tertiary alicyclic amines) is 1. The molecule has 0 aromatic carbocycles. The number of carbonyl (C=O) groups is 1. The minimum Gasteiger partial charge on any atom is -0.299 e. The lowest BCUT2D eigenvalue weighted by Gasteiger charge is -2.27. The molecule has 2 heterocycles. The number of Topliss-reactive ketones (excluding diaryl/α,β-unsaturated/α-hetero) is 1. The van der Waals surface area contributed by atoms with Crippen LogP contribution in [0.2, 0.25) is 0 Å². The van der Waals surface area contributed by atoms with Gasteiger partial charge in [0.15, 0.2) is 5.78 Å². The zero-order valence-corrected chi connectivity index (χ0v) is 12.1. The maximum atomic E-state index is 12.0. The van der Waals surface area contributed by atoms with Crippen molar-refractivity contribution in [3.63, 3.8) is 0 Å². The predicted octanol–water partition coefficient (Wildman–Crippen LogP) is 2.35. The number of hydrogen-bond donors (Lipinski definition) is 0. The average molecular weight is 266 g/mol. The lowest BCUT2D eigenvalue weighted by atomic mass is 10.2. The third-order valence-corrected chi connectivity index (χ3v) is 4.55. The van der Waals surface area contributed by atoms with Gasteiger partial charge < -0.3 is 0 Å². The molecule has 1 saturated heterocycles. The summed E-state index contributed by atoms with van der Waals surface area (Å²) in [6.07, 6.45) is 2.57. The van der Waals surface area contributed by atoms with E-state index >= 15 is 0 Å². The summed E-state index contributed by atoms with van der Waals surface area (Å²) >= 11 is 1.53. The molecule has 18 heavy (non-hydrogen) atoms. The monoisotopic (exact) mass is 266 g/mol. The summed E-state index contributed by atoms with van der Waals surface area (Å²) in [5.74, 6) is 0.244. The van der Waals surface area contributed by atoms with E-state index in [9.17, 15) is 4.79 Å². The number of likely N-dealkylation sites (N-methyl/N-ethyl adjacent to an activating group) is 2. The van der Waals surface area contributed by atoms with E-state index in [2.05, 4.69) is 23.8 Å². The minimum atomic E-state index is 0.244. The summed E-state index contributed by atoms with van der Waals surface area (Å²) < 4.78 is 0. The molecule has 1 aromatic rings. The Morgan fingerprint density at radius 1 is 1.61 bits per heavy atom. The van der Waals surface area contributed by atoms with Crippen molar-refractivity contribution < 1.29 is 4.79 Å². The number of ketones is 1. The Morgan fingerprint density at radius 3 is 3.11 bits per heavy atom.